The zero-order valence-electron chi connectivity index (χ0n) is 16.1. The van der Waals surface area contributed by atoms with Gasteiger partial charge in [0.15, 0.2) is 0 Å². The molecule has 2 aromatic rings. The van der Waals surface area contributed by atoms with Gasteiger partial charge in [0, 0.05) is 18.0 Å². The molecule has 1 aromatic heterocycles. The lowest BCUT2D eigenvalue weighted by molar-refractivity contribution is 0.00695. The number of hydrogen-bond donors (Lipinski definition) is 3. The van der Waals surface area contributed by atoms with Crippen LogP contribution in [-0.2, 0) is 11.2 Å². The Balaban J connectivity index is 1.54. The summed E-state index contributed by atoms with van der Waals surface area (Å²) in [5.74, 6) is 1.42. The van der Waals surface area contributed by atoms with Crippen LogP contribution in [0.4, 0.5) is 17.6 Å². The summed E-state index contributed by atoms with van der Waals surface area (Å²) in [5, 5.41) is 3.26. The fraction of sp³-hybridized carbons (Fsp3) is 0.450. The van der Waals surface area contributed by atoms with Crippen molar-refractivity contribution in [1.82, 2.24) is 9.97 Å². The third-order valence-corrected chi connectivity index (χ3v) is 4.52. The summed E-state index contributed by atoms with van der Waals surface area (Å²) in [7, 11) is 0. The number of nitrogens with one attached hydrogen (secondary N) is 1. The molecule has 0 bridgehead atoms. The van der Waals surface area contributed by atoms with E-state index in [-0.39, 0.29) is 11.9 Å². The molecule has 3 rings (SSSR count). The second-order valence-electron chi connectivity index (χ2n) is 7.90. The number of nitrogens with zero attached hydrogens (tertiary/aromatic N) is 2. The molecule has 0 aliphatic carbocycles. The van der Waals surface area contributed by atoms with Crippen LogP contribution < -0.4 is 16.8 Å². The monoisotopic (exact) mass is 369 g/mol. The fourth-order valence-corrected chi connectivity index (χ4v) is 3.31. The predicted molar refractivity (Wildman–Crippen MR) is 107 cm³/mol. The van der Waals surface area contributed by atoms with Crippen molar-refractivity contribution in [1.29, 1.82) is 0 Å². The van der Waals surface area contributed by atoms with E-state index in [0.29, 0.717) is 17.3 Å². The molecule has 0 radical (unpaired) electrons. The van der Waals surface area contributed by atoms with E-state index in [1.807, 2.05) is 45.0 Å². The third kappa shape index (κ3) is 4.67. The molecular formula is C20H27N5O2. The van der Waals surface area contributed by atoms with Gasteiger partial charge in [-0.25, -0.2) is 4.79 Å². The highest BCUT2D eigenvalue weighted by molar-refractivity contribution is 5.89. The maximum Gasteiger partial charge on any atom is 0.338 e. The molecular weight excluding hydrogens is 342 g/mol. The number of nitrogen functional groups attached to an aromatic ring is 2. The van der Waals surface area contributed by atoms with Gasteiger partial charge in [0.05, 0.1) is 5.56 Å². The van der Waals surface area contributed by atoms with Crippen molar-refractivity contribution in [2.24, 2.45) is 0 Å². The van der Waals surface area contributed by atoms with Gasteiger partial charge in [-0.15, -0.1) is 0 Å². The Labute approximate surface area is 159 Å². The summed E-state index contributed by atoms with van der Waals surface area (Å²) >= 11 is 0. The third-order valence-electron chi connectivity index (χ3n) is 4.52. The Kier molecular flexibility index (Phi) is 5.21. The maximum atomic E-state index is 12.1. The Bertz CT molecular complexity index is 828. The smallest absolute Gasteiger partial charge is 0.338 e. The van der Waals surface area contributed by atoms with Crippen LogP contribution in [-0.4, -0.2) is 28.1 Å². The molecule has 5 N–H and O–H groups in total. The van der Waals surface area contributed by atoms with Gasteiger partial charge in [0.25, 0.3) is 0 Å². The number of anilines is 3. The number of hydrogen-bond acceptors (Lipinski definition) is 7. The Morgan fingerprint density at radius 2 is 1.93 bits per heavy atom. The molecule has 1 aliphatic rings. The normalized spacial score (nSPS) is 15.9. The lowest BCUT2D eigenvalue weighted by atomic mass is 9.95. The van der Waals surface area contributed by atoms with Crippen LogP contribution in [0.3, 0.4) is 0 Å². The molecule has 7 heteroatoms. The largest absolute Gasteiger partial charge is 0.456 e. The molecule has 7 nitrogen and oxygen atoms in total. The molecule has 1 aromatic carbocycles. The molecule has 27 heavy (non-hydrogen) atoms. The number of rotatable bonds is 5. The van der Waals surface area contributed by atoms with Crippen LogP contribution in [0.25, 0.3) is 0 Å². The van der Waals surface area contributed by atoms with Gasteiger partial charge in [-0.1, -0.05) is 12.1 Å². The van der Waals surface area contributed by atoms with Gasteiger partial charge in [-0.05, 0) is 57.7 Å². The van der Waals surface area contributed by atoms with E-state index in [1.54, 1.807) is 0 Å². The zero-order chi connectivity index (χ0) is 19.6. The van der Waals surface area contributed by atoms with E-state index < -0.39 is 5.60 Å². The highest BCUT2D eigenvalue weighted by atomic mass is 16.6. The van der Waals surface area contributed by atoms with E-state index in [1.165, 1.54) is 5.56 Å². The van der Waals surface area contributed by atoms with Crippen molar-refractivity contribution in [2.45, 2.75) is 51.6 Å². The minimum absolute atomic E-state index is 0.199. The van der Waals surface area contributed by atoms with Crippen LogP contribution in [0.5, 0.6) is 0 Å². The summed E-state index contributed by atoms with van der Waals surface area (Å²) in [6.45, 7) is 6.39. The van der Waals surface area contributed by atoms with Gasteiger partial charge in [0.1, 0.15) is 17.2 Å². The lowest BCUT2D eigenvalue weighted by Crippen LogP contribution is -2.23. The summed E-state index contributed by atoms with van der Waals surface area (Å²) in [5.41, 5.74) is 13.9. The predicted octanol–water partition coefficient (Wildman–Crippen LogP) is 3.13. The van der Waals surface area contributed by atoms with E-state index >= 15 is 0 Å². The van der Waals surface area contributed by atoms with Crippen molar-refractivity contribution in [3.05, 3.63) is 41.0 Å². The number of esters is 1. The first-order chi connectivity index (χ1) is 12.7. The maximum absolute atomic E-state index is 12.1. The fourth-order valence-electron chi connectivity index (χ4n) is 3.31. The molecule has 2 heterocycles. The van der Waals surface area contributed by atoms with E-state index in [0.717, 1.165) is 37.2 Å². The van der Waals surface area contributed by atoms with Crippen LogP contribution in [0.2, 0.25) is 0 Å². The molecule has 1 unspecified atom stereocenters. The average molecular weight is 369 g/mol. The van der Waals surface area contributed by atoms with Crippen molar-refractivity contribution < 1.29 is 9.53 Å². The Hall–Kier alpha value is -2.83. The highest BCUT2D eigenvalue weighted by Gasteiger charge is 2.27. The SMILES string of the molecule is CC(C)(C)OC(=O)c1ccc(CCCC2CNc3nc(N)nc(N)c32)cc1. The van der Waals surface area contributed by atoms with Crippen LogP contribution in [0, 0.1) is 0 Å². The standard InChI is InChI=1S/C20H27N5O2/c1-20(2,3)27-18(26)13-9-7-12(8-10-13)5-4-6-14-11-23-17-15(14)16(21)24-19(22)25-17/h7-10,14H,4-6,11H2,1-3H3,(H5,21,22,23,24,25). The molecule has 1 atom stereocenters. The number of fused-ring (bicyclic) bond motifs is 1. The van der Waals surface area contributed by atoms with E-state index in [4.69, 9.17) is 16.2 Å². The van der Waals surface area contributed by atoms with Crippen molar-refractivity contribution in [3.63, 3.8) is 0 Å². The molecule has 0 fully saturated rings. The van der Waals surface area contributed by atoms with Crippen molar-refractivity contribution in [2.75, 3.05) is 23.3 Å². The zero-order valence-corrected chi connectivity index (χ0v) is 16.1. The van der Waals surface area contributed by atoms with E-state index in [2.05, 4.69) is 15.3 Å². The first-order valence-corrected chi connectivity index (χ1v) is 9.22. The van der Waals surface area contributed by atoms with Crippen LogP contribution in [0.1, 0.15) is 61.0 Å². The van der Waals surface area contributed by atoms with Gasteiger partial charge in [-0.2, -0.15) is 9.97 Å². The van der Waals surface area contributed by atoms with E-state index in [9.17, 15) is 4.79 Å². The van der Waals surface area contributed by atoms with Crippen molar-refractivity contribution in [3.8, 4) is 0 Å². The summed E-state index contributed by atoms with van der Waals surface area (Å²) in [6.07, 6.45) is 2.91. The average Bonchev–Trinajstić information content (AvgIpc) is 2.97. The minimum Gasteiger partial charge on any atom is -0.456 e. The van der Waals surface area contributed by atoms with Gasteiger partial charge in [-0.3, -0.25) is 0 Å². The first-order valence-electron chi connectivity index (χ1n) is 9.22. The molecule has 144 valence electrons. The molecule has 1 aliphatic heterocycles. The summed E-state index contributed by atoms with van der Waals surface area (Å²) < 4.78 is 5.39. The number of nitrogens with two attached hydrogens (primary N) is 2. The molecule has 0 saturated carbocycles. The highest BCUT2D eigenvalue weighted by Crippen LogP contribution is 2.36. The van der Waals surface area contributed by atoms with Crippen molar-refractivity contribution >= 4 is 23.6 Å². The Morgan fingerprint density at radius 1 is 1.22 bits per heavy atom. The number of carbonyl (C=O) groups excluding carboxylic acids is 1. The summed E-state index contributed by atoms with van der Waals surface area (Å²) in [6, 6.07) is 7.62. The number of aromatic nitrogens is 2. The minimum atomic E-state index is -0.489. The number of benzene rings is 1. The second-order valence-corrected chi connectivity index (χ2v) is 7.90. The second kappa shape index (κ2) is 7.42. The number of aryl methyl sites for hydroxylation is 1. The van der Waals surface area contributed by atoms with Gasteiger partial charge in [0.2, 0.25) is 5.95 Å². The first kappa shape index (κ1) is 18.9. The molecule has 0 saturated heterocycles. The summed E-state index contributed by atoms with van der Waals surface area (Å²) in [4.78, 5) is 20.4. The molecule has 0 amide bonds. The lowest BCUT2D eigenvalue weighted by Gasteiger charge is -2.19. The van der Waals surface area contributed by atoms with Gasteiger partial charge >= 0.3 is 5.97 Å². The Morgan fingerprint density at radius 3 is 2.59 bits per heavy atom. The topological polar surface area (TPSA) is 116 Å². The van der Waals surface area contributed by atoms with Crippen LogP contribution >= 0.6 is 0 Å². The van der Waals surface area contributed by atoms with Gasteiger partial charge < -0.3 is 21.5 Å². The number of ether oxygens (including phenoxy) is 1. The molecule has 0 spiro atoms. The number of carbonyl (C=O) groups is 1. The van der Waals surface area contributed by atoms with Crippen LogP contribution in [0.15, 0.2) is 24.3 Å². The quantitative estimate of drug-likeness (QED) is 0.693.